The highest BCUT2D eigenvalue weighted by atomic mass is 32.2. The third-order valence-electron chi connectivity index (χ3n) is 4.46. The number of hydrogen-bond donors (Lipinski definition) is 1. The fraction of sp³-hybridized carbons (Fsp3) is 0.565. The second kappa shape index (κ2) is 12.6. The minimum atomic E-state index is -0.388. The zero-order valence-corrected chi connectivity index (χ0v) is 19.0. The maximum Gasteiger partial charge on any atom is 0.330 e. The molecule has 0 bridgehead atoms. The van der Waals surface area contributed by atoms with Crippen molar-refractivity contribution in [1.29, 1.82) is 0 Å². The van der Waals surface area contributed by atoms with Crippen molar-refractivity contribution >= 4 is 29.4 Å². The molecule has 6 heteroatoms. The van der Waals surface area contributed by atoms with Crippen LogP contribution in [-0.2, 0) is 24.5 Å². The molecule has 0 saturated carbocycles. The Kier molecular flexibility index (Phi) is 10.9. The highest BCUT2D eigenvalue weighted by Gasteiger charge is 2.19. The average Bonchev–Trinajstić information content (AvgIpc) is 2.65. The highest BCUT2D eigenvalue weighted by Crippen LogP contribution is 2.34. The van der Waals surface area contributed by atoms with Gasteiger partial charge < -0.3 is 15.2 Å². The number of esters is 2. The maximum absolute atomic E-state index is 11.9. The van der Waals surface area contributed by atoms with Crippen LogP contribution in [0.2, 0.25) is 0 Å². The molecular formula is C23H35NO4S. The molecule has 1 aromatic rings. The first-order chi connectivity index (χ1) is 13.6. The lowest BCUT2D eigenvalue weighted by atomic mass is 9.85. The second-order valence-corrected chi connectivity index (χ2v) is 9.22. The molecule has 0 radical (unpaired) electrons. The number of hydrogen-bond acceptors (Lipinski definition) is 6. The van der Waals surface area contributed by atoms with Crippen LogP contribution in [0, 0.1) is 6.92 Å². The largest absolute Gasteiger partial charge is 0.466 e. The number of aryl methyl sites for hydroxylation is 1. The number of carbonyl (C=O) groups excluding carboxylic acids is 2. The Bertz CT molecular complexity index is 695. The number of carbonyl (C=O) groups is 2. The molecule has 1 aromatic carbocycles. The molecule has 0 spiro atoms. The van der Waals surface area contributed by atoms with Crippen molar-refractivity contribution in [2.75, 3.05) is 24.7 Å². The van der Waals surface area contributed by atoms with Crippen molar-refractivity contribution < 1.29 is 19.1 Å². The summed E-state index contributed by atoms with van der Waals surface area (Å²) in [6.07, 6.45) is 5.05. The maximum atomic E-state index is 11.9. The topological polar surface area (TPSA) is 78.6 Å². The molecule has 0 fully saturated rings. The Balaban J connectivity index is 2.22. The first kappa shape index (κ1) is 25.1. The summed E-state index contributed by atoms with van der Waals surface area (Å²) in [5.41, 5.74) is 9.27. The number of benzene rings is 1. The normalized spacial score (nSPS) is 11.2. The monoisotopic (exact) mass is 421 g/mol. The van der Waals surface area contributed by atoms with Crippen LogP contribution in [0.15, 0.2) is 29.7 Å². The molecular weight excluding hydrogens is 386 g/mol. The van der Waals surface area contributed by atoms with E-state index in [9.17, 15) is 9.59 Å². The molecule has 0 aliphatic heterocycles. The van der Waals surface area contributed by atoms with Gasteiger partial charge in [0.1, 0.15) is 0 Å². The lowest BCUT2D eigenvalue weighted by Crippen LogP contribution is -2.15. The fourth-order valence-electron chi connectivity index (χ4n) is 2.77. The molecule has 29 heavy (non-hydrogen) atoms. The van der Waals surface area contributed by atoms with E-state index in [-0.39, 0.29) is 17.4 Å². The predicted molar refractivity (Wildman–Crippen MR) is 120 cm³/mol. The SMILES string of the molecule is C=CC(=O)OCCCCCCOC(=O)CCSc1cc(C)c(N)c(C(C)(C)C)c1. The van der Waals surface area contributed by atoms with Gasteiger partial charge in [-0.15, -0.1) is 11.8 Å². The van der Waals surface area contributed by atoms with Crippen LogP contribution in [0.4, 0.5) is 5.69 Å². The first-order valence-electron chi connectivity index (χ1n) is 10.1. The fourth-order valence-corrected chi connectivity index (χ4v) is 3.73. The van der Waals surface area contributed by atoms with Crippen LogP contribution in [-0.4, -0.2) is 30.9 Å². The molecule has 0 amide bonds. The number of rotatable bonds is 12. The number of nitrogen functional groups attached to an aromatic ring is 1. The van der Waals surface area contributed by atoms with Crippen LogP contribution < -0.4 is 5.73 Å². The first-order valence-corrected chi connectivity index (χ1v) is 11.1. The van der Waals surface area contributed by atoms with Crippen molar-refractivity contribution in [2.45, 2.75) is 70.1 Å². The molecule has 0 saturated heterocycles. The van der Waals surface area contributed by atoms with Crippen LogP contribution in [0.1, 0.15) is 64.0 Å². The van der Waals surface area contributed by atoms with Crippen molar-refractivity contribution in [3.05, 3.63) is 35.9 Å². The number of unbranched alkanes of at least 4 members (excludes halogenated alkanes) is 3. The molecule has 2 N–H and O–H groups in total. The van der Waals surface area contributed by atoms with Crippen molar-refractivity contribution in [2.24, 2.45) is 0 Å². The van der Waals surface area contributed by atoms with Gasteiger partial charge in [0.15, 0.2) is 0 Å². The molecule has 162 valence electrons. The van der Waals surface area contributed by atoms with Gasteiger partial charge in [-0.1, -0.05) is 27.4 Å². The molecule has 0 aliphatic rings. The van der Waals surface area contributed by atoms with E-state index in [1.807, 2.05) is 6.92 Å². The van der Waals surface area contributed by atoms with Crippen LogP contribution >= 0.6 is 11.8 Å². The number of anilines is 1. The standard InChI is InChI=1S/C23H35NO4S/c1-6-20(25)27-12-9-7-8-10-13-28-21(26)11-14-29-18-15-17(2)22(24)19(16-18)23(3,4)5/h6,15-16H,1,7-14,24H2,2-5H3. The summed E-state index contributed by atoms with van der Waals surface area (Å²) in [4.78, 5) is 23.9. The van der Waals surface area contributed by atoms with Gasteiger partial charge in [-0.25, -0.2) is 4.79 Å². The van der Waals surface area contributed by atoms with E-state index in [2.05, 4.69) is 39.5 Å². The zero-order chi connectivity index (χ0) is 21.9. The third kappa shape index (κ3) is 9.88. The Hall–Kier alpha value is -1.95. The van der Waals surface area contributed by atoms with Crippen molar-refractivity contribution in [1.82, 2.24) is 0 Å². The summed E-state index contributed by atoms with van der Waals surface area (Å²) in [5, 5.41) is 0. The summed E-state index contributed by atoms with van der Waals surface area (Å²) in [6, 6.07) is 4.21. The van der Waals surface area contributed by atoms with Gasteiger partial charge in [-0.05, 0) is 61.3 Å². The molecule has 0 atom stereocenters. The Morgan fingerprint density at radius 3 is 2.31 bits per heavy atom. The molecule has 1 rings (SSSR count). The van der Waals surface area contributed by atoms with Crippen LogP contribution in [0.25, 0.3) is 0 Å². The van der Waals surface area contributed by atoms with E-state index in [4.69, 9.17) is 15.2 Å². The Labute approximate surface area is 179 Å². The molecule has 0 unspecified atom stereocenters. The number of thioether (sulfide) groups is 1. The van der Waals surface area contributed by atoms with Gasteiger partial charge in [0, 0.05) is 22.4 Å². The smallest absolute Gasteiger partial charge is 0.330 e. The number of nitrogens with two attached hydrogens (primary N) is 1. The summed E-state index contributed by atoms with van der Waals surface area (Å²) in [6.45, 7) is 12.7. The molecule has 5 nitrogen and oxygen atoms in total. The Morgan fingerprint density at radius 2 is 1.72 bits per heavy atom. The second-order valence-electron chi connectivity index (χ2n) is 8.06. The molecule has 0 aromatic heterocycles. The third-order valence-corrected chi connectivity index (χ3v) is 5.43. The lowest BCUT2D eigenvalue weighted by molar-refractivity contribution is -0.143. The quantitative estimate of drug-likeness (QED) is 0.164. The van der Waals surface area contributed by atoms with Gasteiger partial charge >= 0.3 is 11.9 Å². The van der Waals surface area contributed by atoms with E-state index >= 15 is 0 Å². The highest BCUT2D eigenvalue weighted by molar-refractivity contribution is 7.99. The minimum absolute atomic E-state index is 0.0162. The van der Waals surface area contributed by atoms with Gasteiger partial charge in [0.25, 0.3) is 0 Å². The average molecular weight is 422 g/mol. The van der Waals surface area contributed by atoms with Crippen LogP contribution in [0.3, 0.4) is 0 Å². The van der Waals surface area contributed by atoms with Gasteiger partial charge in [-0.2, -0.15) is 0 Å². The minimum Gasteiger partial charge on any atom is -0.466 e. The zero-order valence-electron chi connectivity index (χ0n) is 18.2. The predicted octanol–water partition coefficient (Wildman–Crippen LogP) is 5.19. The van der Waals surface area contributed by atoms with E-state index < -0.39 is 0 Å². The summed E-state index contributed by atoms with van der Waals surface area (Å²) in [7, 11) is 0. The Morgan fingerprint density at radius 1 is 1.10 bits per heavy atom. The lowest BCUT2D eigenvalue weighted by Gasteiger charge is -2.23. The van der Waals surface area contributed by atoms with Gasteiger partial charge in [-0.3, -0.25) is 4.79 Å². The van der Waals surface area contributed by atoms with E-state index in [1.54, 1.807) is 11.8 Å². The van der Waals surface area contributed by atoms with E-state index in [1.165, 1.54) is 0 Å². The summed E-state index contributed by atoms with van der Waals surface area (Å²) in [5.74, 6) is 0.127. The van der Waals surface area contributed by atoms with Crippen LogP contribution in [0.5, 0.6) is 0 Å². The van der Waals surface area contributed by atoms with Gasteiger partial charge in [0.2, 0.25) is 0 Å². The number of ether oxygens (including phenoxy) is 2. The summed E-state index contributed by atoms with van der Waals surface area (Å²) >= 11 is 1.65. The molecule has 0 heterocycles. The van der Waals surface area contributed by atoms with Crippen molar-refractivity contribution in [3.63, 3.8) is 0 Å². The van der Waals surface area contributed by atoms with Gasteiger partial charge in [0.05, 0.1) is 19.6 Å². The molecule has 0 aliphatic carbocycles. The van der Waals surface area contributed by atoms with Crippen molar-refractivity contribution in [3.8, 4) is 0 Å². The van der Waals surface area contributed by atoms with E-state index in [0.717, 1.165) is 53.5 Å². The summed E-state index contributed by atoms with van der Waals surface area (Å²) < 4.78 is 10.2. The van der Waals surface area contributed by atoms with E-state index in [0.29, 0.717) is 25.4 Å².